The lowest BCUT2D eigenvalue weighted by Gasteiger charge is -2.33. The van der Waals surface area contributed by atoms with Crippen molar-refractivity contribution in [2.75, 3.05) is 6.54 Å². The number of hydrogen-bond donors (Lipinski definition) is 0. The minimum Gasteiger partial charge on any atom is -0.336 e. The molecular weight excluding hydrogens is 350 g/mol. The molecule has 3 aromatic rings. The van der Waals surface area contributed by atoms with Gasteiger partial charge in [0, 0.05) is 29.8 Å². The Labute approximate surface area is 164 Å². The van der Waals surface area contributed by atoms with Crippen molar-refractivity contribution in [3.8, 4) is 11.3 Å². The van der Waals surface area contributed by atoms with Crippen LogP contribution in [-0.2, 0) is 0 Å². The maximum Gasteiger partial charge on any atom is 0.259 e. The van der Waals surface area contributed by atoms with Crippen LogP contribution < -0.4 is 0 Å². The summed E-state index contributed by atoms with van der Waals surface area (Å²) in [5.41, 5.74) is 4.98. The number of aryl methyl sites for hydroxylation is 1. The Morgan fingerprint density at radius 3 is 2.64 bits per heavy atom. The zero-order valence-corrected chi connectivity index (χ0v) is 16.4. The summed E-state index contributed by atoms with van der Waals surface area (Å²) < 4.78 is 5.63. The molecule has 0 bridgehead atoms. The van der Waals surface area contributed by atoms with Crippen LogP contribution >= 0.6 is 0 Å². The van der Waals surface area contributed by atoms with Crippen LogP contribution in [0.15, 0.2) is 34.9 Å². The quantitative estimate of drug-likeness (QED) is 0.640. The molecule has 0 radical (unpaired) electrons. The molecule has 2 fully saturated rings. The van der Waals surface area contributed by atoms with Crippen LogP contribution in [0.2, 0.25) is 0 Å². The molecule has 28 heavy (non-hydrogen) atoms. The molecular formula is C23H25N3O2. The maximum atomic E-state index is 13.6. The van der Waals surface area contributed by atoms with Gasteiger partial charge in [0.15, 0.2) is 0 Å². The lowest BCUT2D eigenvalue weighted by atomic mass is 9.99. The van der Waals surface area contributed by atoms with Gasteiger partial charge in [0.05, 0.1) is 10.9 Å². The highest BCUT2D eigenvalue weighted by molar-refractivity contribution is 6.09. The van der Waals surface area contributed by atoms with Gasteiger partial charge in [-0.3, -0.25) is 4.79 Å². The summed E-state index contributed by atoms with van der Waals surface area (Å²) in [7, 11) is 0. The third-order valence-electron chi connectivity index (χ3n) is 6.08. The number of likely N-dealkylation sites (tertiary alicyclic amines) is 1. The van der Waals surface area contributed by atoms with E-state index in [4.69, 9.17) is 9.51 Å². The van der Waals surface area contributed by atoms with Crippen molar-refractivity contribution in [1.29, 1.82) is 0 Å². The van der Waals surface area contributed by atoms with Crippen LogP contribution in [-0.4, -0.2) is 33.5 Å². The molecule has 3 heterocycles. The molecule has 1 amide bonds. The number of aromatic nitrogens is 2. The molecule has 2 aromatic heterocycles. The summed E-state index contributed by atoms with van der Waals surface area (Å²) in [6.07, 6.45) is 5.57. The second kappa shape index (κ2) is 6.73. The van der Waals surface area contributed by atoms with E-state index < -0.39 is 0 Å². The highest BCUT2D eigenvalue weighted by Gasteiger charge is 2.32. The molecule has 0 spiro atoms. The number of benzene rings is 1. The smallest absolute Gasteiger partial charge is 0.259 e. The molecule has 0 unspecified atom stereocenters. The second-order valence-electron chi connectivity index (χ2n) is 8.29. The van der Waals surface area contributed by atoms with Crippen LogP contribution in [0, 0.1) is 6.92 Å². The van der Waals surface area contributed by atoms with Crippen LogP contribution in [0.1, 0.15) is 66.6 Å². The Morgan fingerprint density at radius 2 is 1.93 bits per heavy atom. The van der Waals surface area contributed by atoms with E-state index in [1.165, 1.54) is 12.0 Å². The fourth-order valence-corrected chi connectivity index (χ4v) is 4.19. The van der Waals surface area contributed by atoms with E-state index in [9.17, 15) is 4.79 Å². The number of carbonyl (C=O) groups is 1. The van der Waals surface area contributed by atoms with Crippen LogP contribution in [0.25, 0.3) is 22.4 Å². The maximum absolute atomic E-state index is 13.6. The first kappa shape index (κ1) is 17.4. The van der Waals surface area contributed by atoms with Gasteiger partial charge in [0.2, 0.25) is 0 Å². The van der Waals surface area contributed by atoms with Gasteiger partial charge in [0.25, 0.3) is 11.6 Å². The standard InChI is InChI=1S/C23H25N3O2/c1-14-6-8-17(9-7-14)21-20-18(23(27)26-12-4-3-5-15(26)2)13-19(16-10-11-16)24-22(20)28-25-21/h6-9,13,15-16H,3-5,10-12H2,1-2H3/t15-/m0/s1. The highest BCUT2D eigenvalue weighted by Crippen LogP contribution is 2.41. The number of pyridine rings is 1. The molecule has 1 saturated heterocycles. The number of carbonyl (C=O) groups excluding carboxylic acids is 1. The number of piperidine rings is 1. The molecule has 144 valence electrons. The van der Waals surface area contributed by atoms with Gasteiger partial charge in [-0.15, -0.1) is 0 Å². The molecule has 2 aliphatic rings. The van der Waals surface area contributed by atoms with Gasteiger partial charge in [0.1, 0.15) is 5.69 Å². The van der Waals surface area contributed by atoms with Crippen molar-refractivity contribution < 1.29 is 9.32 Å². The van der Waals surface area contributed by atoms with E-state index >= 15 is 0 Å². The molecule has 1 atom stereocenters. The minimum absolute atomic E-state index is 0.0815. The average molecular weight is 375 g/mol. The van der Waals surface area contributed by atoms with Gasteiger partial charge in [-0.1, -0.05) is 35.0 Å². The van der Waals surface area contributed by atoms with Crippen molar-refractivity contribution in [1.82, 2.24) is 15.0 Å². The van der Waals surface area contributed by atoms with E-state index in [-0.39, 0.29) is 11.9 Å². The number of amides is 1. The summed E-state index contributed by atoms with van der Waals surface area (Å²) in [5.74, 6) is 0.528. The largest absolute Gasteiger partial charge is 0.336 e. The minimum atomic E-state index is 0.0815. The van der Waals surface area contributed by atoms with Crippen molar-refractivity contribution in [2.24, 2.45) is 0 Å². The van der Waals surface area contributed by atoms with Crippen molar-refractivity contribution in [2.45, 2.75) is 57.9 Å². The van der Waals surface area contributed by atoms with E-state index in [0.29, 0.717) is 22.9 Å². The predicted molar refractivity (Wildman–Crippen MR) is 108 cm³/mol. The van der Waals surface area contributed by atoms with E-state index in [1.807, 2.05) is 23.1 Å². The third kappa shape index (κ3) is 2.99. The number of fused-ring (bicyclic) bond motifs is 1. The number of nitrogens with zero attached hydrogens (tertiary/aromatic N) is 3. The zero-order valence-electron chi connectivity index (χ0n) is 16.4. The SMILES string of the molecule is Cc1ccc(-c2noc3nc(C4CC4)cc(C(=O)N4CCCC[C@@H]4C)c23)cc1. The molecule has 1 saturated carbocycles. The summed E-state index contributed by atoms with van der Waals surface area (Å²) in [5, 5.41) is 5.06. The van der Waals surface area contributed by atoms with Crippen LogP contribution in [0.4, 0.5) is 0 Å². The first-order valence-corrected chi connectivity index (χ1v) is 10.3. The average Bonchev–Trinajstić information content (AvgIpc) is 3.47. The topological polar surface area (TPSA) is 59.2 Å². The highest BCUT2D eigenvalue weighted by atomic mass is 16.5. The van der Waals surface area contributed by atoms with Gasteiger partial charge in [-0.05, 0) is 52.0 Å². The third-order valence-corrected chi connectivity index (χ3v) is 6.08. The van der Waals surface area contributed by atoms with Gasteiger partial charge >= 0.3 is 0 Å². The lowest BCUT2D eigenvalue weighted by Crippen LogP contribution is -2.42. The van der Waals surface area contributed by atoms with Crippen LogP contribution in [0.5, 0.6) is 0 Å². The Hall–Kier alpha value is -2.69. The van der Waals surface area contributed by atoms with Crippen molar-refractivity contribution in [3.05, 3.63) is 47.2 Å². The monoisotopic (exact) mass is 375 g/mol. The molecule has 5 nitrogen and oxygen atoms in total. The number of hydrogen-bond acceptors (Lipinski definition) is 4. The molecule has 1 aromatic carbocycles. The lowest BCUT2D eigenvalue weighted by molar-refractivity contribution is 0.0637. The zero-order chi connectivity index (χ0) is 19.3. The Bertz CT molecular complexity index is 1030. The second-order valence-corrected chi connectivity index (χ2v) is 8.29. The molecule has 1 aliphatic heterocycles. The van der Waals surface area contributed by atoms with E-state index in [2.05, 4.69) is 31.1 Å². The van der Waals surface area contributed by atoms with Gasteiger partial charge in [-0.2, -0.15) is 0 Å². The summed E-state index contributed by atoms with van der Waals surface area (Å²) >= 11 is 0. The number of rotatable bonds is 3. The van der Waals surface area contributed by atoms with Gasteiger partial charge in [-0.25, -0.2) is 4.98 Å². The van der Waals surface area contributed by atoms with E-state index in [1.54, 1.807) is 0 Å². The molecule has 5 heteroatoms. The first-order valence-electron chi connectivity index (χ1n) is 10.3. The molecule has 5 rings (SSSR count). The van der Waals surface area contributed by atoms with Crippen molar-refractivity contribution >= 4 is 17.0 Å². The normalized spacial score (nSPS) is 19.9. The van der Waals surface area contributed by atoms with Gasteiger partial charge < -0.3 is 9.42 Å². The predicted octanol–water partition coefficient (Wildman–Crippen LogP) is 5.09. The van der Waals surface area contributed by atoms with Crippen molar-refractivity contribution in [3.63, 3.8) is 0 Å². The fraction of sp³-hybridized carbons (Fsp3) is 0.435. The molecule has 0 N–H and O–H groups in total. The summed E-state index contributed by atoms with van der Waals surface area (Å²) in [6.45, 7) is 5.01. The van der Waals surface area contributed by atoms with E-state index in [0.717, 1.165) is 48.9 Å². The summed E-state index contributed by atoms with van der Waals surface area (Å²) in [4.78, 5) is 20.3. The summed E-state index contributed by atoms with van der Waals surface area (Å²) in [6, 6.07) is 10.4. The first-order chi connectivity index (χ1) is 13.6. The Balaban J connectivity index is 1.67. The fourth-order valence-electron chi connectivity index (χ4n) is 4.19. The Kier molecular flexibility index (Phi) is 4.18. The Morgan fingerprint density at radius 1 is 1.14 bits per heavy atom. The van der Waals surface area contributed by atoms with Crippen LogP contribution in [0.3, 0.4) is 0 Å². The molecule has 1 aliphatic carbocycles.